The number of rotatable bonds is 4. The van der Waals surface area contributed by atoms with E-state index in [1.807, 2.05) is 24.3 Å². The number of thioether (sulfide) groups is 1. The van der Waals surface area contributed by atoms with Crippen LogP contribution in [0.1, 0.15) is 17.3 Å². The summed E-state index contributed by atoms with van der Waals surface area (Å²) < 4.78 is 1.63. The standard InChI is InChI=1S/C15H14N4OS/c1-2-21-13-6-4-3-5-12(13)15(20)18-11-9-16-14-7-8-17-19(14)10-11/h3-10H,2H2,1H3,(H,18,20). The molecule has 0 atom stereocenters. The van der Waals surface area contributed by atoms with Gasteiger partial charge in [0, 0.05) is 11.0 Å². The summed E-state index contributed by atoms with van der Waals surface area (Å²) in [5.74, 6) is 0.783. The Bertz CT molecular complexity index is 784. The van der Waals surface area contributed by atoms with Crippen LogP contribution in [0.25, 0.3) is 5.65 Å². The Balaban J connectivity index is 1.85. The SMILES string of the molecule is CCSc1ccccc1C(=O)Nc1cnc2ccnn2c1. The molecule has 0 unspecified atom stereocenters. The molecule has 0 radical (unpaired) electrons. The van der Waals surface area contributed by atoms with Gasteiger partial charge in [-0.2, -0.15) is 5.10 Å². The predicted octanol–water partition coefficient (Wildman–Crippen LogP) is 3.09. The summed E-state index contributed by atoms with van der Waals surface area (Å²) in [6, 6.07) is 9.39. The van der Waals surface area contributed by atoms with Crippen LogP contribution in [0.5, 0.6) is 0 Å². The fourth-order valence-corrected chi connectivity index (χ4v) is 2.81. The highest BCUT2D eigenvalue weighted by Crippen LogP contribution is 2.23. The molecule has 0 aliphatic heterocycles. The third kappa shape index (κ3) is 2.90. The first-order valence-corrected chi connectivity index (χ1v) is 7.59. The molecule has 3 rings (SSSR count). The van der Waals surface area contributed by atoms with E-state index in [0.717, 1.165) is 16.3 Å². The summed E-state index contributed by atoms with van der Waals surface area (Å²) in [6.45, 7) is 2.06. The van der Waals surface area contributed by atoms with Gasteiger partial charge in [0.15, 0.2) is 5.65 Å². The molecule has 2 aromatic heterocycles. The highest BCUT2D eigenvalue weighted by atomic mass is 32.2. The molecule has 0 bridgehead atoms. The molecule has 5 nitrogen and oxygen atoms in total. The Morgan fingerprint density at radius 2 is 2.19 bits per heavy atom. The van der Waals surface area contributed by atoms with E-state index in [1.165, 1.54) is 0 Å². The van der Waals surface area contributed by atoms with Crippen molar-refractivity contribution in [1.29, 1.82) is 0 Å². The number of carbonyl (C=O) groups excluding carboxylic acids is 1. The quantitative estimate of drug-likeness (QED) is 0.752. The van der Waals surface area contributed by atoms with Gasteiger partial charge in [-0.3, -0.25) is 4.79 Å². The molecular formula is C15H14N4OS. The zero-order valence-electron chi connectivity index (χ0n) is 11.5. The number of aromatic nitrogens is 3. The maximum atomic E-state index is 12.4. The van der Waals surface area contributed by atoms with Crippen molar-refractivity contribution < 1.29 is 4.79 Å². The number of nitrogens with zero attached hydrogens (tertiary/aromatic N) is 3. The van der Waals surface area contributed by atoms with Gasteiger partial charge in [-0.25, -0.2) is 9.50 Å². The lowest BCUT2D eigenvalue weighted by atomic mass is 10.2. The zero-order valence-corrected chi connectivity index (χ0v) is 12.3. The van der Waals surface area contributed by atoms with E-state index >= 15 is 0 Å². The minimum absolute atomic E-state index is 0.139. The van der Waals surface area contributed by atoms with E-state index in [2.05, 4.69) is 22.3 Å². The van der Waals surface area contributed by atoms with Crippen molar-refractivity contribution in [2.75, 3.05) is 11.1 Å². The van der Waals surface area contributed by atoms with Gasteiger partial charge in [0.05, 0.1) is 29.8 Å². The Morgan fingerprint density at radius 3 is 3.05 bits per heavy atom. The molecule has 1 N–H and O–H groups in total. The van der Waals surface area contributed by atoms with Crippen LogP contribution in [0.15, 0.2) is 53.8 Å². The van der Waals surface area contributed by atoms with Gasteiger partial charge in [0.1, 0.15) is 0 Å². The number of hydrogen-bond acceptors (Lipinski definition) is 4. The molecule has 0 aliphatic rings. The third-order valence-corrected chi connectivity index (χ3v) is 3.89. The molecule has 6 heteroatoms. The lowest BCUT2D eigenvalue weighted by molar-refractivity contribution is 0.102. The molecular weight excluding hydrogens is 284 g/mol. The van der Waals surface area contributed by atoms with Gasteiger partial charge in [0.25, 0.3) is 5.91 Å². The van der Waals surface area contributed by atoms with Crippen molar-refractivity contribution in [2.24, 2.45) is 0 Å². The first kappa shape index (κ1) is 13.6. The third-order valence-electron chi connectivity index (χ3n) is 2.94. The minimum atomic E-state index is -0.139. The van der Waals surface area contributed by atoms with Crippen LogP contribution in [0.4, 0.5) is 5.69 Å². The predicted molar refractivity (Wildman–Crippen MR) is 83.8 cm³/mol. The number of amides is 1. The fraction of sp³-hybridized carbons (Fsp3) is 0.133. The highest BCUT2D eigenvalue weighted by Gasteiger charge is 2.11. The topological polar surface area (TPSA) is 59.3 Å². The molecule has 0 spiro atoms. The van der Waals surface area contributed by atoms with Crippen LogP contribution in [-0.4, -0.2) is 26.3 Å². The van der Waals surface area contributed by atoms with E-state index in [4.69, 9.17) is 0 Å². The summed E-state index contributed by atoms with van der Waals surface area (Å²) in [7, 11) is 0. The smallest absolute Gasteiger partial charge is 0.256 e. The lowest BCUT2D eigenvalue weighted by Gasteiger charge is -2.09. The second-order valence-electron chi connectivity index (χ2n) is 4.36. The van der Waals surface area contributed by atoms with Crippen molar-refractivity contribution in [3.63, 3.8) is 0 Å². The second kappa shape index (κ2) is 5.97. The molecule has 106 valence electrons. The molecule has 21 heavy (non-hydrogen) atoms. The number of anilines is 1. The molecule has 2 heterocycles. The number of hydrogen-bond donors (Lipinski definition) is 1. The summed E-state index contributed by atoms with van der Waals surface area (Å²) in [5.41, 5.74) is 2.03. The van der Waals surface area contributed by atoms with Crippen LogP contribution < -0.4 is 5.32 Å². The first-order valence-electron chi connectivity index (χ1n) is 6.60. The van der Waals surface area contributed by atoms with E-state index in [9.17, 15) is 4.79 Å². The highest BCUT2D eigenvalue weighted by molar-refractivity contribution is 7.99. The van der Waals surface area contributed by atoms with Crippen molar-refractivity contribution in [2.45, 2.75) is 11.8 Å². The van der Waals surface area contributed by atoms with Gasteiger partial charge in [-0.15, -0.1) is 11.8 Å². The Morgan fingerprint density at radius 1 is 1.33 bits per heavy atom. The molecule has 1 aromatic carbocycles. The molecule has 0 saturated heterocycles. The van der Waals surface area contributed by atoms with E-state index in [-0.39, 0.29) is 5.91 Å². The van der Waals surface area contributed by atoms with Crippen molar-refractivity contribution >= 4 is 29.0 Å². The monoisotopic (exact) mass is 298 g/mol. The van der Waals surface area contributed by atoms with Crippen molar-refractivity contribution in [1.82, 2.24) is 14.6 Å². The number of benzene rings is 1. The number of carbonyl (C=O) groups is 1. The van der Waals surface area contributed by atoms with E-state index < -0.39 is 0 Å². The fourth-order valence-electron chi connectivity index (χ4n) is 2.01. The second-order valence-corrected chi connectivity index (χ2v) is 5.67. The molecule has 1 amide bonds. The van der Waals surface area contributed by atoms with E-state index in [1.54, 1.807) is 40.9 Å². The maximum Gasteiger partial charge on any atom is 0.256 e. The van der Waals surface area contributed by atoms with Gasteiger partial charge >= 0.3 is 0 Å². The molecule has 0 saturated carbocycles. The lowest BCUT2D eigenvalue weighted by Crippen LogP contribution is -2.13. The van der Waals surface area contributed by atoms with Gasteiger partial charge in [-0.05, 0) is 17.9 Å². The van der Waals surface area contributed by atoms with Crippen LogP contribution in [0.3, 0.4) is 0 Å². The molecule has 3 aromatic rings. The van der Waals surface area contributed by atoms with Crippen LogP contribution in [0.2, 0.25) is 0 Å². The van der Waals surface area contributed by atoms with Crippen LogP contribution >= 0.6 is 11.8 Å². The summed E-state index contributed by atoms with van der Waals surface area (Å²) in [6.07, 6.45) is 5.04. The average Bonchev–Trinajstić information content (AvgIpc) is 2.95. The molecule has 0 fully saturated rings. The molecule has 0 aliphatic carbocycles. The van der Waals surface area contributed by atoms with Crippen molar-refractivity contribution in [3.8, 4) is 0 Å². The Hall–Kier alpha value is -2.34. The summed E-state index contributed by atoms with van der Waals surface area (Å²) in [4.78, 5) is 17.6. The average molecular weight is 298 g/mol. The maximum absolute atomic E-state index is 12.4. The Labute approximate surface area is 126 Å². The van der Waals surface area contributed by atoms with Crippen LogP contribution in [0, 0.1) is 0 Å². The van der Waals surface area contributed by atoms with Crippen LogP contribution in [-0.2, 0) is 0 Å². The van der Waals surface area contributed by atoms with Gasteiger partial charge in [-0.1, -0.05) is 19.1 Å². The van der Waals surface area contributed by atoms with Gasteiger partial charge in [0.2, 0.25) is 0 Å². The van der Waals surface area contributed by atoms with Gasteiger partial charge < -0.3 is 5.32 Å². The number of nitrogens with one attached hydrogen (secondary N) is 1. The Kier molecular flexibility index (Phi) is 3.87. The zero-order chi connectivity index (χ0) is 14.7. The normalized spacial score (nSPS) is 10.7. The number of fused-ring (bicyclic) bond motifs is 1. The van der Waals surface area contributed by atoms with Crippen molar-refractivity contribution in [3.05, 3.63) is 54.5 Å². The van der Waals surface area contributed by atoms with E-state index in [0.29, 0.717) is 11.3 Å². The first-order chi connectivity index (χ1) is 10.3. The summed E-state index contributed by atoms with van der Waals surface area (Å²) in [5, 5.41) is 6.97. The summed E-state index contributed by atoms with van der Waals surface area (Å²) >= 11 is 1.65. The minimum Gasteiger partial charge on any atom is -0.319 e. The largest absolute Gasteiger partial charge is 0.319 e.